The van der Waals surface area contributed by atoms with Gasteiger partial charge in [-0.25, -0.2) is 4.79 Å². The highest BCUT2D eigenvalue weighted by Gasteiger charge is 2.10. The van der Waals surface area contributed by atoms with E-state index in [1.807, 2.05) is 24.3 Å². The molecule has 110 valence electrons. The normalized spacial score (nSPS) is 10.0. The van der Waals surface area contributed by atoms with Crippen LogP contribution in [0.2, 0.25) is 0 Å². The Bertz CT molecular complexity index is 623. The first-order valence-corrected chi connectivity index (χ1v) is 6.37. The third-order valence-corrected chi connectivity index (χ3v) is 2.99. The number of nitrogen functional groups attached to an aromatic ring is 1. The molecule has 0 saturated heterocycles. The van der Waals surface area contributed by atoms with Gasteiger partial charge in [-0.15, -0.1) is 0 Å². The lowest BCUT2D eigenvalue weighted by Gasteiger charge is -2.08. The van der Waals surface area contributed by atoms with Crippen molar-refractivity contribution < 1.29 is 19.0 Å². The second-order valence-electron chi connectivity index (χ2n) is 4.38. The van der Waals surface area contributed by atoms with Crippen molar-refractivity contribution in [2.45, 2.75) is 6.61 Å². The Balaban J connectivity index is 1.99. The molecule has 2 aromatic rings. The number of hydrogen-bond acceptors (Lipinski definition) is 5. The van der Waals surface area contributed by atoms with Crippen LogP contribution in [0, 0.1) is 0 Å². The van der Waals surface area contributed by atoms with Gasteiger partial charge in [-0.1, -0.05) is 12.1 Å². The highest BCUT2D eigenvalue weighted by Crippen LogP contribution is 2.22. The summed E-state index contributed by atoms with van der Waals surface area (Å²) in [6.45, 7) is 0.189. The maximum atomic E-state index is 11.9. The quantitative estimate of drug-likeness (QED) is 0.676. The maximum Gasteiger partial charge on any atom is 0.338 e. The summed E-state index contributed by atoms with van der Waals surface area (Å²) >= 11 is 0. The molecule has 0 radical (unpaired) electrons. The number of rotatable bonds is 5. The van der Waals surface area contributed by atoms with E-state index in [0.717, 1.165) is 11.3 Å². The van der Waals surface area contributed by atoms with Gasteiger partial charge in [-0.05, 0) is 35.9 Å². The minimum atomic E-state index is -0.430. The van der Waals surface area contributed by atoms with Gasteiger partial charge in [-0.3, -0.25) is 0 Å². The van der Waals surface area contributed by atoms with E-state index >= 15 is 0 Å². The van der Waals surface area contributed by atoms with Crippen LogP contribution in [0.1, 0.15) is 15.9 Å². The fourth-order valence-corrected chi connectivity index (χ4v) is 1.82. The van der Waals surface area contributed by atoms with Gasteiger partial charge in [0, 0.05) is 0 Å². The molecule has 0 aliphatic rings. The Morgan fingerprint density at radius 2 is 1.76 bits per heavy atom. The molecule has 0 saturated carbocycles. The summed E-state index contributed by atoms with van der Waals surface area (Å²) in [5, 5.41) is 0. The number of anilines is 1. The monoisotopic (exact) mass is 287 g/mol. The number of ether oxygens (including phenoxy) is 3. The van der Waals surface area contributed by atoms with Crippen LogP contribution in [-0.2, 0) is 11.3 Å². The maximum absolute atomic E-state index is 11.9. The van der Waals surface area contributed by atoms with Crippen molar-refractivity contribution in [2.75, 3.05) is 20.0 Å². The van der Waals surface area contributed by atoms with E-state index in [2.05, 4.69) is 0 Å². The smallest absolute Gasteiger partial charge is 0.338 e. The highest BCUT2D eigenvalue weighted by atomic mass is 16.5. The van der Waals surface area contributed by atoms with E-state index in [-0.39, 0.29) is 6.61 Å². The van der Waals surface area contributed by atoms with Gasteiger partial charge < -0.3 is 19.9 Å². The molecule has 5 nitrogen and oxygen atoms in total. The molecule has 5 heteroatoms. The molecule has 0 atom stereocenters. The van der Waals surface area contributed by atoms with Crippen LogP contribution in [0.5, 0.6) is 11.5 Å². The van der Waals surface area contributed by atoms with Crippen molar-refractivity contribution in [2.24, 2.45) is 0 Å². The van der Waals surface area contributed by atoms with E-state index in [1.165, 1.54) is 13.2 Å². The number of nitrogens with two attached hydrogens (primary N) is 1. The summed E-state index contributed by atoms with van der Waals surface area (Å²) in [5.74, 6) is 0.856. The average molecular weight is 287 g/mol. The number of esters is 1. The first-order chi connectivity index (χ1) is 10.1. The summed E-state index contributed by atoms with van der Waals surface area (Å²) in [7, 11) is 3.12. The molecule has 2 N–H and O–H groups in total. The lowest BCUT2D eigenvalue weighted by Crippen LogP contribution is -2.06. The van der Waals surface area contributed by atoms with Gasteiger partial charge in [0.05, 0.1) is 25.5 Å². The molecular weight excluding hydrogens is 270 g/mol. The number of carbonyl (C=O) groups excluding carboxylic acids is 1. The topological polar surface area (TPSA) is 70.8 Å². The van der Waals surface area contributed by atoms with Crippen LogP contribution in [0.15, 0.2) is 42.5 Å². The Morgan fingerprint density at radius 1 is 1.05 bits per heavy atom. The van der Waals surface area contributed by atoms with Gasteiger partial charge in [0.2, 0.25) is 0 Å². The lowest BCUT2D eigenvalue weighted by molar-refractivity contribution is 0.0472. The zero-order valence-corrected chi connectivity index (χ0v) is 12.0. The molecule has 2 aromatic carbocycles. The number of methoxy groups -OCH3 is 2. The van der Waals surface area contributed by atoms with Crippen molar-refractivity contribution in [1.82, 2.24) is 0 Å². The molecule has 0 unspecified atom stereocenters. The van der Waals surface area contributed by atoms with E-state index < -0.39 is 5.97 Å². The minimum Gasteiger partial charge on any atom is -0.497 e. The van der Waals surface area contributed by atoms with Crippen molar-refractivity contribution in [3.05, 3.63) is 53.6 Å². The van der Waals surface area contributed by atoms with Gasteiger partial charge in [0.15, 0.2) is 0 Å². The number of carbonyl (C=O) groups is 1. The molecule has 0 fully saturated rings. The molecule has 2 rings (SSSR count). The van der Waals surface area contributed by atoms with E-state index in [0.29, 0.717) is 17.0 Å². The van der Waals surface area contributed by atoms with E-state index in [1.54, 1.807) is 19.2 Å². The standard InChI is InChI=1S/C16H17NO4/c1-19-13-6-3-11(4-7-13)10-21-16(18)12-5-8-15(20-2)14(17)9-12/h3-9H,10,17H2,1-2H3. The van der Waals surface area contributed by atoms with Crippen LogP contribution < -0.4 is 15.2 Å². The summed E-state index contributed by atoms with van der Waals surface area (Å²) in [6.07, 6.45) is 0. The zero-order chi connectivity index (χ0) is 15.2. The van der Waals surface area contributed by atoms with Crippen molar-refractivity contribution in [1.29, 1.82) is 0 Å². The van der Waals surface area contributed by atoms with Crippen molar-refractivity contribution >= 4 is 11.7 Å². The highest BCUT2D eigenvalue weighted by molar-refractivity contribution is 5.91. The molecule has 0 aromatic heterocycles. The second kappa shape index (κ2) is 6.65. The third-order valence-electron chi connectivity index (χ3n) is 2.99. The predicted octanol–water partition coefficient (Wildman–Crippen LogP) is 2.64. The van der Waals surface area contributed by atoms with Gasteiger partial charge in [0.25, 0.3) is 0 Å². The first kappa shape index (κ1) is 14.7. The average Bonchev–Trinajstić information content (AvgIpc) is 2.53. The lowest BCUT2D eigenvalue weighted by atomic mass is 10.2. The molecule has 0 bridgehead atoms. The number of benzene rings is 2. The fourth-order valence-electron chi connectivity index (χ4n) is 1.82. The number of hydrogen-bond donors (Lipinski definition) is 1. The largest absolute Gasteiger partial charge is 0.497 e. The van der Waals surface area contributed by atoms with Gasteiger partial charge in [-0.2, -0.15) is 0 Å². The summed E-state index contributed by atoms with van der Waals surface area (Å²) in [6, 6.07) is 12.1. The Morgan fingerprint density at radius 3 is 2.33 bits per heavy atom. The summed E-state index contributed by atoms with van der Waals surface area (Å²) < 4.78 is 15.3. The fraction of sp³-hybridized carbons (Fsp3) is 0.188. The molecule has 0 heterocycles. The molecule has 0 aliphatic carbocycles. The molecular formula is C16H17NO4. The van der Waals surface area contributed by atoms with Crippen LogP contribution in [-0.4, -0.2) is 20.2 Å². The van der Waals surface area contributed by atoms with Crippen LogP contribution in [0.4, 0.5) is 5.69 Å². The Kier molecular flexibility index (Phi) is 4.66. The second-order valence-corrected chi connectivity index (χ2v) is 4.38. The van der Waals surface area contributed by atoms with Crippen molar-refractivity contribution in [3.63, 3.8) is 0 Å². The van der Waals surface area contributed by atoms with E-state index in [9.17, 15) is 4.79 Å². The molecule has 0 spiro atoms. The molecule has 0 aliphatic heterocycles. The zero-order valence-electron chi connectivity index (χ0n) is 12.0. The Labute approximate surface area is 123 Å². The minimum absolute atomic E-state index is 0.189. The predicted molar refractivity (Wildman–Crippen MR) is 79.5 cm³/mol. The van der Waals surface area contributed by atoms with Crippen LogP contribution >= 0.6 is 0 Å². The van der Waals surface area contributed by atoms with Crippen LogP contribution in [0.25, 0.3) is 0 Å². The van der Waals surface area contributed by atoms with E-state index in [4.69, 9.17) is 19.9 Å². The SMILES string of the molecule is COc1ccc(COC(=O)c2ccc(OC)c(N)c2)cc1. The third kappa shape index (κ3) is 3.66. The first-order valence-electron chi connectivity index (χ1n) is 6.37. The van der Waals surface area contributed by atoms with Crippen LogP contribution in [0.3, 0.4) is 0 Å². The van der Waals surface area contributed by atoms with Gasteiger partial charge in [0.1, 0.15) is 18.1 Å². The Hall–Kier alpha value is -2.69. The molecule has 21 heavy (non-hydrogen) atoms. The summed E-state index contributed by atoms with van der Waals surface area (Å²) in [4.78, 5) is 11.9. The van der Waals surface area contributed by atoms with Gasteiger partial charge >= 0.3 is 5.97 Å². The molecule has 0 amide bonds. The summed E-state index contributed by atoms with van der Waals surface area (Å²) in [5.41, 5.74) is 7.43. The van der Waals surface area contributed by atoms with Crippen molar-refractivity contribution in [3.8, 4) is 11.5 Å².